The first-order valence-electron chi connectivity index (χ1n) is 6.05. The molecule has 6 heteroatoms. The number of aldehydes is 1. The fourth-order valence-electron chi connectivity index (χ4n) is 1.22. The predicted molar refractivity (Wildman–Crippen MR) is 68.6 cm³/mol. The molecular weight excluding hydrogens is 250 g/mol. The topological polar surface area (TPSA) is 66.9 Å². The lowest BCUT2D eigenvalue weighted by atomic mass is 10.3. The molecule has 1 heterocycles. The Balaban J connectivity index is 1.96. The zero-order valence-electron chi connectivity index (χ0n) is 11.0. The van der Waals surface area contributed by atoms with Crippen molar-refractivity contribution in [1.82, 2.24) is 4.98 Å². The van der Waals surface area contributed by atoms with E-state index in [4.69, 9.17) is 18.9 Å². The SMILES string of the molecule is COCCOCCOCCOc1ccc(C=O)cn1. The van der Waals surface area contributed by atoms with Crippen LogP contribution in [0, 0.1) is 0 Å². The summed E-state index contributed by atoms with van der Waals surface area (Å²) < 4.78 is 20.7. The van der Waals surface area contributed by atoms with Gasteiger partial charge in [-0.1, -0.05) is 0 Å². The second-order valence-electron chi connectivity index (χ2n) is 3.61. The van der Waals surface area contributed by atoms with E-state index < -0.39 is 0 Å². The van der Waals surface area contributed by atoms with Crippen LogP contribution in [0.1, 0.15) is 10.4 Å². The average molecular weight is 269 g/mol. The van der Waals surface area contributed by atoms with Gasteiger partial charge in [-0.25, -0.2) is 4.98 Å². The fourth-order valence-corrected chi connectivity index (χ4v) is 1.22. The first-order valence-corrected chi connectivity index (χ1v) is 6.05. The normalized spacial score (nSPS) is 10.4. The van der Waals surface area contributed by atoms with Crippen LogP contribution in [0.15, 0.2) is 18.3 Å². The minimum absolute atomic E-state index is 0.408. The van der Waals surface area contributed by atoms with E-state index in [1.807, 2.05) is 0 Å². The lowest BCUT2D eigenvalue weighted by molar-refractivity contribution is 0.0176. The molecule has 0 N–H and O–H groups in total. The summed E-state index contributed by atoms with van der Waals surface area (Å²) >= 11 is 0. The summed E-state index contributed by atoms with van der Waals surface area (Å²) in [5.41, 5.74) is 0.525. The molecule has 0 unspecified atom stereocenters. The van der Waals surface area contributed by atoms with Gasteiger partial charge >= 0.3 is 0 Å². The Labute approximate surface area is 112 Å². The highest BCUT2D eigenvalue weighted by atomic mass is 16.6. The van der Waals surface area contributed by atoms with Crippen LogP contribution in [0.3, 0.4) is 0 Å². The molecule has 0 fully saturated rings. The van der Waals surface area contributed by atoms with E-state index >= 15 is 0 Å². The first-order chi connectivity index (χ1) is 9.36. The second-order valence-corrected chi connectivity index (χ2v) is 3.61. The standard InChI is InChI=1S/C13H19NO5/c1-16-4-5-17-6-7-18-8-9-19-13-3-2-12(11-15)10-14-13/h2-3,10-11H,4-9H2,1H3. The van der Waals surface area contributed by atoms with Gasteiger partial charge in [-0.15, -0.1) is 0 Å². The van der Waals surface area contributed by atoms with E-state index in [0.29, 0.717) is 51.1 Å². The Morgan fingerprint density at radius 1 is 1.05 bits per heavy atom. The van der Waals surface area contributed by atoms with Gasteiger partial charge in [-0.05, 0) is 6.07 Å². The maximum Gasteiger partial charge on any atom is 0.213 e. The van der Waals surface area contributed by atoms with Crippen LogP contribution in [-0.2, 0) is 14.2 Å². The molecule has 19 heavy (non-hydrogen) atoms. The van der Waals surface area contributed by atoms with Gasteiger partial charge < -0.3 is 18.9 Å². The van der Waals surface area contributed by atoms with Crippen LogP contribution in [0.5, 0.6) is 5.88 Å². The van der Waals surface area contributed by atoms with Crippen molar-refractivity contribution < 1.29 is 23.7 Å². The predicted octanol–water partition coefficient (Wildman–Crippen LogP) is 0.952. The van der Waals surface area contributed by atoms with Gasteiger partial charge in [-0.3, -0.25) is 4.79 Å². The van der Waals surface area contributed by atoms with Crippen molar-refractivity contribution in [2.24, 2.45) is 0 Å². The number of nitrogens with zero attached hydrogens (tertiary/aromatic N) is 1. The van der Waals surface area contributed by atoms with E-state index in [9.17, 15) is 4.79 Å². The third kappa shape index (κ3) is 7.50. The summed E-state index contributed by atoms with van der Waals surface area (Å²) in [4.78, 5) is 14.4. The Bertz CT molecular complexity index is 341. The van der Waals surface area contributed by atoms with E-state index in [1.165, 1.54) is 6.20 Å². The van der Waals surface area contributed by atoms with Gasteiger partial charge in [-0.2, -0.15) is 0 Å². The van der Waals surface area contributed by atoms with E-state index in [0.717, 1.165) is 6.29 Å². The molecule has 0 spiro atoms. The van der Waals surface area contributed by atoms with Crippen molar-refractivity contribution in [2.75, 3.05) is 46.8 Å². The molecule has 1 aromatic rings. The number of aromatic nitrogens is 1. The summed E-state index contributed by atoms with van der Waals surface area (Å²) in [6.45, 7) is 3.09. The smallest absolute Gasteiger partial charge is 0.213 e. The van der Waals surface area contributed by atoms with E-state index in [-0.39, 0.29) is 0 Å². The lowest BCUT2D eigenvalue weighted by Crippen LogP contribution is -2.12. The lowest BCUT2D eigenvalue weighted by Gasteiger charge is -2.07. The minimum Gasteiger partial charge on any atom is -0.475 e. The molecule has 0 saturated heterocycles. The van der Waals surface area contributed by atoms with E-state index in [1.54, 1.807) is 19.2 Å². The molecule has 1 rings (SSSR count). The maximum absolute atomic E-state index is 10.4. The third-order valence-corrected chi connectivity index (χ3v) is 2.18. The molecule has 0 bridgehead atoms. The fraction of sp³-hybridized carbons (Fsp3) is 0.538. The molecule has 0 saturated carbocycles. The van der Waals surface area contributed by atoms with Crippen molar-refractivity contribution in [3.63, 3.8) is 0 Å². The Kier molecular flexibility index (Phi) is 8.54. The van der Waals surface area contributed by atoms with Gasteiger partial charge in [0, 0.05) is 24.9 Å². The maximum atomic E-state index is 10.4. The highest BCUT2D eigenvalue weighted by molar-refractivity contribution is 5.73. The summed E-state index contributed by atoms with van der Waals surface area (Å²) in [6.07, 6.45) is 2.20. The van der Waals surface area contributed by atoms with Crippen molar-refractivity contribution in [1.29, 1.82) is 0 Å². The number of methoxy groups -OCH3 is 1. The summed E-state index contributed by atoms with van der Waals surface area (Å²) in [5, 5.41) is 0. The van der Waals surface area contributed by atoms with Crippen LogP contribution in [0.2, 0.25) is 0 Å². The molecule has 6 nitrogen and oxygen atoms in total. The second kappa shape index (κ2) is 10.4. The monoisotopic (exact) mass is 269 g/mol. The number of pyridine rings is 1. The molecule has 0 aliphatic heterocycles. The van der Waals surface area contributed by atoms with Crippen LogP contribution in [-0.4, -0.2) is 58.0 Å². The molecule has 1 aromatic heterocycles. The van der Waals surface area contributed by atoms with Crippen molar-refractivity contribution in [2.45, 2.75) is 0 Å². The minimum atomic E-state index is 0.408. The summed E-state index contributed by atoms with van der Waals surface area (Å²) in [7, 11) is 1.63. The molecule has 106 valence electrons. The molecule has 0 radical (unpaired) electrons. The molecular formula is C13H19NO5. The molecule has 0 amide bonds. The summed E-state index contributed by atoms with van der Waals surface area (Å²) in [5.74, 6) is 0.477. The zero-order valence-corrected chi connectivity index (χ0v) is 11.0. The highest BCUT2D eigenvalue weighted by Crippen LogP contribution is 2.05. The Morgan fingerprint density at radius 2 is 1.74 bits per heavy atom. The van der Waals surface area contributed by atoms with Crippen LogP contribution >= 0.6 is 0 Å². The highest BCUT2D eigenvalue weighted by Gasteiger charge is 1.96. The average Bonchev–Trinajstić information content (AvgIpc) is 2.46. The van der Waals surface area contributed by atoms with Crippen LogP contribution in [0.25, 0.3) is 0 Å². The van der Waals surface area contributed by atoms with Crippen LogP contribution in [0.4, 0.5) is 0 Å². The van der Waals surface area contributed by atoms with Gasteiger partial charge in [0.05, 0.1) is 33.0 Å². The van der Waals surface area contributed by atoms with Crippen LogP contribution < -0.4 is 4.74 Å². The van der Waals surface area contributed by atoms with E-state index in [2.05, 4.69) is 4.98 Å². The zero-order chi connectivity index (χ0) is 13.8. The van der Waals surface area contributed by atoms with Gasteiger partial charge in [0.15, 0.2) is 6.29 Å². The van der Waals surface area contributed by atoms with Gasteiger partial charge in [0.25, 0.3) is 0 Å². The van der Waals surface area contributed by atoms with Gasteiger partial charge in [0.2, 0.25) is 5.88 Å². The first kappa shape index (κ1) is 15.6. The van der Waals surface area contributed by atoms with Gasteiger partial charge in [0.1, 0.15) is 6.61 Å². The number of carbonyl (C=O) groups excluding carboxylic acids is 1. The molecule has 0 atom stereocenters. The number of hydrogen-bond acceptors (Lipinski definition) is 6. The van der Waals surface area contributed by atoms with Crippen molar-refractivity contribution in [3.8, 4) is 5.88 Å². The third-order valence-electron chi connectivity index (χ3n) is 2.18. The Hall–Kier alpha value is -1.50. The number of carbonyl (C=O) groups is 1. The van der Waals surface area contributed by atoms with Crippen molar-refractivity contribution in [3.05, 3.63) is 23.9 Å². The quantitative estimate of drug-likeness (QED) is 0.440. The number of ether oxygens (including phenoxy) is 4. The Morgan fingerprint density at radius 3 is 2.32 bits per heavy atom. The molecule has 0 aliphatic rings. The largest absolute Gasteiger partial charge is 0.475 e. The number of rotatable bonds is 11. The van der Waals surface area contributed by atoms with Crippen molar-refractivity contribution >= 4 is 6.29 Å². The summed E-state index contributed by atoms with van der Waals surface area (Å²) in [6, 6.07) is 3.30. The molecule has 0 aliphatic carbocycles. The number of hydrogen-bond donors (Lipinski definition) is 0. The molecule has 0 aromatic carbocycles.